The van der Waals surface area contributed by atoms with Crippen molar-refractivity contribution in [2.24, 2.45) is 28.1 Å². The molecule has 1 atom stereocenters. The zero-order valence-electron chi connectivity index (χ0n) is 22.1. The maximum atomic E-state index is 13.6. The van der Waals surface area contributed by atoms with Gasteiger partial charge in [-0.3, -0.25) is 9.56 Å². The molecule has 0 aliphatic rings. The number of fused-ring (bicyclic) bond motifs is 1. The number of H-pyrrole nitrogens is 1. The molecule has 2 aromatic carbocycles. The summed E-state index contributed by atoms with van der Waals surface area (Å²) in [6.07, 6.45) is -1.65. The number of hydrogen-bond donors (Lipinski definition) is 5. The largest absolute Gasteiger partial charge is 0.416 e. The van der Waals surface area contributed by atoms with Gasteiger partial charge in [-0.25, -0.2) is 4.79 Å². The van der Waals surface area contributed by atoms with Crippen molar-refractivity contribution in [3.8, 4) is 16.9 Å². The van der Waals surface area contributed by atoms with Gasteiger partial charge in [-0.15, -0.1) is 0 Å². The molecular formula is C28H33F3N8O. The fourth-order valence-corrected chi connectivity index (χ4v) is 4.37. The highest BCUT2D eigenvalue weighted by Gasteiger charge is 2.31. The van der Waals surface area contributed by atoms with Gasteiger partial charge in [0.25, 0.3) is 0 Å². The van der Waals surface area contributed by atoms with Crippen molar-refractivity contribution in [2.45, 2.75) is 32.5 Å². The Morgan fingerprint density at radius 2 is 1.88 bits per heavy atom. The monoisotopic (exact) mass is 554 g/mol. The molecule has 0 saturated carbocycles. The van der Waals surface area contributed by atoms with Crippen molar-refractivity contribution in [3.63, 3.8) is 0 Å². The summed E-state index contributed by atoms with van der Waals surface area (Å²) in [6.45, 7) is 4.19. The second-order valence-electron chi connectivity index (χ2n) is 9.85. The van der Waals surface area contributed by atoms with Crippen LogP contribution in [0.5, 0.6) is 0 Å². The Balaban J connectivity index is 1.56. The van der Waals surface area contributed by atoms with Crippen LogP contribution in [0.25, 0.3) is 28.0 Å². The summed E-state index contributed by atoms with van der Waals surface area (Å²) in [5.74, 6) is 0.105. The summed E-state index contributed by atoms with van der Waals surface area (Å²) in [5.41, 5.74) is 18.4. The SMILES string of the molecule is CC(CN)Cc1cc(-c2cc3cn(-c4ccc(CNCCCN=C(N)N)cc4)c(=O)nc3[nH]2)cc(C(F)(F)F)c1. The van der Waals surface area contributed by atoms with Crippen molar-refractivity contribution in [1.29, 1.82) is 0 Å². The number of nitrogens with one attached hydrogen (secondary N) is 2. The van der Waals surface area contributed by atoms with Crippen LogP contribution in [0, 0.1) is 5.92 Å². The molecule has 2 heterocycles. The molecule has 0 radical (unpaired) electrons. The van der Waals surface area contributed by atoms with Crippen LogP contribution in [0.4, 0.5) is 13.2 Å². The lowest BCUT2D eigenvalue weighted by Crippen LogP contribution is -2.23. The maximum absolute atomic E-state index is 13.6. The molecule has 0 amide bonds. The molecule has 2 aromatic heterocycles. The summed E-state index contributed by atoms with van der Waals surface area (Å²) >= 11 is 0. The number of rotatable bonds is 11. The highest BCUT2D eigenvalue weighted by Crippen LogP contribution is 2.34. The summed E-state index contributed by atoms with van der Waals surface area (Å²) in [6, 6.07) is 13.1. The number of benzene rings is 2. The maximum Gasteiger partial charge on any atom is 0.416 e. The molecule has 0 fully saturated rings. The number of aromatic nitrogens is 3. The Bertz CT molecular complexity index is 1540. The van der Waals surface area contributed by atoms with E-state index in [-0.39, 0.29) is 11.9 Å². The molecule has 0 spiro atoms. The summed E-state index contributed by atoms with van der Waals surface area (Å²) in [7, 11) is 0. The fraction of sp³-hybridized carbons (Fsp3) is 0.321. The predicted octanol–water partition coefficient (Wildman–Crippen LogP) is 3.29. The highest BCUT2D eigenvalue weighted by atomic mass is 19.4. The number of halogens is 3. The zero-order valence-corrected chi connectivity index (χ0v) is 22.1. The molecule has 0 saturated heterocycles. The molecule has 9 nitrogen and oxygen atoms in total. The molecular weight excluding hydrogens is 521 g/mol. The lowest BCUT2D eigenvalue weighted by Gasteiger charge is -2.14. The molecule has 40 heavy (non-hydrogen) atoms. The second kappa shape index (κ2) is 12.3. The van der Waals surface area contributed by atoms with Crippen LogP contribution in [0.2, 0.25) is 0 Å². The molecule has 0 bridgehead atoms. The van der Waals surface area contributed by atoms with Gasteiger partial charge in [-0.2, -0.15) is 18.2 Å². The van der Waals surface area contributed by atoms with E-state index >= 15 is 0 Å². The predicted molar refractivity (Wildman–Crippen MR) is 151 cm³/mol. The van der Waals surface area contributed by atoms with Crippen LogP contribution in [0.15, 0.2) is 64.5 Å². The number of nitrogens with two attached hydrogens (primary N) is 3. The minimum atomic E-state index is -4.50. The average Bonchev–Trinajstić information content (AvgIpc) is 3.32. The fourth-order valence-electron chi connectivity index (χ4n) is 4.37. The van der Waals surface area contributed by atoms with Crippen LogP contribution in [0.3, 0.4) is 0 Å². The van der Waals surface area contributed by atoms with E-state index in [1.54, 1.807) is 18.3 Å². The zero-order chi connectivity index (χ0) is 28.9. The molecule has 12 heteroatoms. The normalized spacial score (nSPS) is 12.5. The number of aliphatic imine (C=N–C) groups is 1. The third kappa shape index (κ3) is 7.27. The minimum Gasteiger partial charge on any atom is -0.370 e. The Morgan fingerprint density at radius 1 is 1.12 bits per heavy atom. The minimum absolute atomic E-state index is 0.0285. The van der Waals surface area contributed by atoms with Crippen LogP contribution in [-0.2, 0) is 19.1 Å². The number of nitrogens with zero attached hydrogens (tertiary/aromatic N) is 3. The van der Waals surface area contributed by atoms with Crippen LogP contribution in [0.1, 0.15) is 30.0 Å². The van der Waals surface area contributed by atoms with Gasteiger partial charge in [-0.1, -0.05) is 19.1 Å². The lowest BCUT2D eigenvalue weighted by molar-refractivity contribution is -0.137. The first-order valence-electron chi connectivity index (χ1n) is 12.9. The van der Waals surface area contributed by atoms with Crippen molar-refractivity contribution in [1.82, 2.24) is 19.9 Å². The van der Waals surface area contributed by atoms with E-state index < -0.39 is 17.4 Å². The van der Waals surface area contributed by atoms with Gasteiger partial charge < -0.3 is 27.5 Å². The summed E-state index contributed by atoms with van der Waals surface area (Å²) < 4.78 is 42.3. The standard InChI is InChI=1S/C28H33F3N8O/c1-17(14-32)9-19-10-20(12-22(11-19)28(29,30)31)24-13-21-16-39(27(40)38-25(21)37-24)23-5-3-18(4-6-23)15-35-7-2-8-36-26(33)34/h3-6,10-13,16-17,35H,2,7-9,14-15,32H2,1H3,(H4,33,34,36)(H,37,38,40). The van der Waals surface area contributed by atoms with E-state index in [9.17, 15) is 18.0 Å². The third-order valence-electron chi connectivity index (χ3n) is 6.48. The number of hydrogen-bond acceptors (Lipinski definition) is 5. The quantitative estimate of drug-likeness (QED) is 0.109. The Morgan fingerprint density at radius 3 is 2.55 bits per heavy atom. The van der Waals surface area contributed by atoms with Gasteiger partial charge in [0.05, 0.1) is 11.3 Å². The van der Waals surface area contributed by atoms with Gasteiger partial charge in [0.15, 0.2) is 5.96 Å². The van der Waals surface area contributed by atoms with E-state index in [1.165, 1.54) is 4.57 Å². The van der Waals surface area contributed by atoms with Crippen molar-refractivity contribution in [3.05, 3.63) is 81.9 Å². The summed E-state index contributed by atoms with van der Waals surface area (Å²) in [4.78, 5) is 23.9. The van der Waals surface area contributed by atoms with E-state index in [0.29, 0.717) is 59.6 Å². The highest BCUT2D eigenvalue weighted by molar-refractivity contribution is 5.82. The average molecular weight is 555 g/mol. The van der Waals surface area contributed by atoms with Crippen LogP contribution in [-0.4, -0.2) is 40.1 Å². The van der Waals surface area contributed by atoms with E-state index in [4.69, 9.17) is 17.2 Å². The molecule has 1 unspecified atom stereocenters. The molecule has 0 aliphatic carbocycles. The van der Waals surface area contributed by atoms with Gasteiger partial charge in [0.2, 0.25) is 0 Å². The molecule has 212 valence electrons. The Hall–Kier alpha value is -4.16. The van der Waals surface area contributed by atoms with Crippen molar-refractivity contribution < 1.29 is 13.2 Å². The van der Waals surface area contributed by atoms with E-state index in [2.05, 4.69) is 20.3 Å². The topological polar surface area (TPSA) is 153 Å². The smallest absolute Gasteiger partial charge is 0.370 e. The van der Waals surface area contributed by atoms with Gasteiger partial charge >= 0.3 is 11.9 Å². The van der Waals surface area contributed by atoms with E-state index in [0.717, 1.165) is 30.7 Å². The molecule has 4 rings (SSSR count). The third-order valence-corrected chi connectivity index (χ3v) is 6.48. The second-order valence-corrected chi connectivity index (χ2v) is 9.85. The van der Waals surface area contributed by atoms with Crippen LogP contribution < -0.4 is 28.2 Å². The van der Waals surface area contributed by atoms with E-state index in [1.807, 2.05) is 31.2 Å². The van der Waals surface area contributed by atoms with Crippen molar-refractivity contribution in [2.75, 3.05) is 19.6 Å². The first kappa shape index (κ1) is 28.8. The molecule has 4 aromatic rings. The number of guanidine groups is 1. The van der Waals surface area contributed by atoms with Crippen LogP contribution >= 0.6 is 0 Å². The first-order valence-corrected chi connectivity index (χ1v) is 12.9. The first-order chi connectivity index (χ1) is 19.0. The molecule has 8 N–H and O–H groups in total. The van der Waals surface area contributed by atoms with Gasteiger partial charge in [-0.05, 0) is 84.9 Å². The molecule has 0 aliphatic heterocycles. The van der Waals surface area contributed by atoms with Gasteiger partial charge in [0, 0.05) is 30.4 Å². The Kier molecular flexibility index (Phi) is 8.90. The number of aromatic amines is 1. The van der Waals surface area contributed by atoms with Crippen molar-refractivity contribution >= 4 is 17.0 Å². The lowest BCUT2D eigenvalue weighted by atomic mass is 9.96. The number of alkyl halides is 3. The van der Waals surface area contributed by atoms with Gasteiger partial charge in [0.1, 0.15) is 5.65 Å². The Labute approximate surface area is 229 Å². The summed E-state index contributed by atoms with van der Waals surface area (Å²) in [5, 5.41) is 3.90.